The standard InChI is InChI=1S/C49H93NO12S/c1-3-5-7-9-11-13-15-17-19-20-21-22-24-25-27-29-31-33-35-37-42(52)41(40-60-49-46(55)47(62-63(57,58)59)45(54)44(39-51)61-49)50-48(56)43(53)38-36-34-32-30-28-26-23-18-16-14-12-10-8-6-4-2/h23,26,35,37,41-47,49,51-55H,3-22,24-25,27-34,36,38-40H2,1-2H3,(H,50,56)(H,57,58,59)/b26-23-,37-35+. The molecule has 13 nitrogen and oxygen atoms in total. The number of unbranched alkanes of at least 4 members (excludes halogenated alkanes) is 28. The van der Waals surface area contributed by atoms with E-state index < -0.39 is 78.5 Å². The molecule has 372 valence electrons. The predicted molar refractivity (Wildman–Crippen MR) is 251 cm³/mol. The van der Waals surface area contributed by atoms with Crippen LogP contribution < -0.4 is 5.32 Å². The zero-order valence-corrected chi connectivity index (χ0v) is 40.3. The number of aliphatic hydroxyl groups is 5. The average Bonchev–Trinajstić information content (AvgIpc) is 3.25. The van der Waals surface area contributed by atoms with E-state index in [1.807, 2.05) is 6.08 Å². The lowest BCUT2D eigenvalue weighted by atomic mass is 9.99. The van der Waals surface area contributed by atoms with E-state index in [1.165, 1.54) is 135 Å². The van der Waals surface area contributed by atoms with Gasteiger partial charge >= 0.3 is 10.4 Å². The molecule has 1 fully saturated rings. The third kappa shape index (κ3) is 32.0. The highest BCUT2D eigenvalue weighted by molar-refractivity contribution is 7.80. The highest BCUT2D eigenvalue weighted by Crippen LogP contribution is 2.26. The Morgan fingerprint density at radius 3 is 1.48 bits per heavy atom. The van der Waals surface area contributed by atoms with Crippen molar-refractivity contribution in [3.8, 4) is 0 Å². The molecule has 7 N–H and O–H groups in total. The first-order valence-electron chi connectivity index (χ1n) is 25.3. The molecular weight excluding hydrogens is 827 g/mol. The Hall–Kier alpha value is -1.46. The Morgan fingerprint density at radius 1 is 0.635 bits per heavy atom. The zero-order valence-electron chi connectivity index (χ0n) is 39.5. The largest absolute Gasteiger partial charge is 0.397 e. The second kappa shape index (κ2) is 39.7. The molecule has 1 heterocycles. The Labute approximate surface area is 383 Å². The Kier molecular flexibility index (Phi) is 37.5. The smallest absolute Gasteiger partial charge is 0.394 e. The van der Waals surface area contributed by atoms with Crippen molar-refractivity contribution < 1.29 is 57.0 Å². The molecule has 1 amide bonds. The van der Waals surface area contributed by atoms with Crippen LogP contribution in [0.3, 0.4) is 0 Å². The van der Waals surface area contributed by atoms with Crippen molar-refractivity contribution in [2.45, 2.75) is 268 Å². The number of allylic oxidation sites excluding steroid dienone is 3. The number of ether oxygens (including phenoxy) is 2. The third-order valence-electron chi connectivity index (χ3n) is 12.1. The van der Waals surface area contributed by atoms with Gasteiger partial charge in [0.05, 0.1) is 25.4 Å². The molecule has 0 aromatic heterocycles. The summed E-state index contributed by atoms with van der Waals surface area (Å²) < 4.78 is 47.6. The van der Waals surface area contributed by atoms with Gasteiger partial charge in [0.25, 0.3) is 0 Å². The van der Waals surface area contributed by atoms with Crippen LogP contribution in [-0.2, 0) is 28.9 Å². The second-order valence-corrected chi connectivity index (χ2v) is 18.9. The number of carbonyl (C=O) groups is 1. The van der Waals surface area contributed by atoms with E-state index in [9.17, 15) is 43.3 Å². The monoisotopic (exact) mass is 920 g/mol. The molecule has 0 spiro atoms. The summed E-state index contributed by atoms with van der Waals surface area (Å²) in [5, 5.41) is 55.3. The third-order valence-corrected chi connectivity index (χ3v) is 12.5. The highest BCUT2D eigenvalue weighted by atomic mass is 32.3. The fraction of sp³-hybridized carbons (Fsp3) is 0.898. The molecule has 0 bridgehead atoms. The van der Waals surface area contributed by atoms with Crippen LogP contribution in [-0.4, -0.2) is 107 Å². The number of aliphatic hydroxyl groups excluding tert-OH is 5. The second-order valence-electron chi connectivity index (χ2n) is 17.9. The van der Waals surface area contributed by atoms with Crippen molar-refractivity contribution in [2.75, 3.05) is 13.2 Å². The summed E-state index contributed by atoms with van der Waals surface area (Å²) in [6, 6.07) is -1.12. The van der Waals surface area contributed by atoms with Crippen LogP contribution in [0, 0.1) is 0 Å². The van der Waals surface area contributed by atoms with Crippen LogP contribution in [0.15, 0.2) is 24.3 Å². The van der Waals surface area contributed by atoms with Crippen LogP contribution in [0.1, 0.15) is 219 Å². The van der Waals surface area contributed by atoms with Crippen molar-refractivity contribution in [2.24, 2.45) is 0 Å². The van der Waals surface area contributed by atoms with E-state index in [0.717, 1.165) is 51.4 Å². The van der Waals surface area contributed by atoms with E-state index in [1.54, 1.807) is 6.08 Å². The quantitative estimate of drug-likeness (QED) is 0.0173. The molecule has 1 aliphatic heterocycles. The minimum atomic E-state index is -5.12. The van der Waals surface area contributed by atoms with Gasteiger partial charge in [-0.1, -0.05) is 199 Å². The van der Waals surface area contributed by atoms with Crippen molar-refractivity contribution in [1.82, 2.24) is 5.32 Å². The molecule has 0 aromatic carbocycles. The van der Waals surface area contributed by atoms with Crippen molar-refractivity contribution in [1.29, 1.82) is 0 Å². The summed E-state index contributed by atoms with van der Waals surface area (Å²) in [5.41, 5.74) is 0. The van der Waals surface area contributed by atoms with E-state index in [0.29, 0.717) is 12.8 Å². The van der Waals surface area contributed by atoms with Crippen LogP contribution in [0.5, 0.6) is 0 Å². The number of amides is 1. The number of carbonyl (C=O) groups excluding carboxylic acids is 1. The molecule has 1 aliphatic rings. The van der Waals surface area contributed by atoms with Crippen molar-refractivity contribution in [3.63, 3.8) is 0 Å². The van der Waals surface area contributed by atoms with Crippen LogP contribution in [0.2, 0.25) is 0 Å². The number of nitrogens with one attached hydrogen (secondary N) is 1. The van der Waals surface area contributed by atoms with Gasteiger partial charge in [-0.15, -0.1) is 0 Å². The van der Waals surface area contributed by atoms with Gasteiger partial charge in [-0.3, -0.25) is 9.35 Å². The number of rotatable bonds is 43. The summed E-state index contributed by atoms with van der Waals surface area (Å²) >= 11 is 0. The maximum absolute atomic E-state index is 13.1. The predicted octanol–water partition coefficient (Wildman–Crippen LogP) is 9.47. The molecule has 14 heteroatoms. The first-order chi connectivity index (χ1) is 30.4. The van der Waals surface area contributed by atoms with Crippen molar-refractivity contribution in [3.05, 3.63) is 24.3 Å². The van der Waals surface area contributed by atoms with Gasteiger partial charge in [-0.05, 0) is 44.9 Å². The van der Waals surface area contributed by atoms with Gasteiger partial charge in [0, 0.05) is 0 Å². The molecule has 63 heavy (non-hydrogen) atoms. The van der Waals surface area contributed by atoms with E-state index >= 15 is 0 Å². The molecule has 8 atom stereocenters. The SMILES string of the molecule is CCCCCCCCC/C=C\CCCCCCC(O)C(=O)NC(COC1OC(CO)C(O)C(OS(=O)(=O)O)C1O)C(O)/C=C/CCCCCCCCCCCCCCCCCCC. The van der Waals surface area contributed by atoms with Gasteiger partial charge in [0.2, 0.25) is 5.91 Å². The summed E-state index contributed by atoms with van der Waals surface area (Å²) in [6.45, 7) is 3.23. The van der Waals surface area contributed by atoms with Gasteiger partial charge in [-0.25, -0.2) is 4.18 Å². The maximum Gasteiger partial charge on any atom is 0.397 e. The zero-order chi connectivity index (χ0) is 46.4. The molecule has 0 aliphatic carbocycles. The summed E-state index contributed by atoms with van der Waals surface area (Å²) in [6.07, 6.45) is 33.9. The topological polar surface area (TPSA) is 212 Å². The van der Waals surface area contributed by atoms with E-state index in [-0.39, 0.29) is 6.42 Å². The number of hydrogen-bond donors (Lipinski definition) is 7. The maximum atomic E-state index is 13.1. The minimum absolute atomic E-state index is 0.230. The molecule has 0 saturated carbocycles. The molecule has 8 unspecified atom stereocenters. The highest BCUT2D eigenvalue weighted by Gasteiger charge is 2.48. The molecular formula is C49H93NO12S. The fourth-order valence-corrected chi connectivity index (χ4v) is 8.55. The first kappa shape index (κ1) is 59.6. The first-order valence-corrected chi connectivity index (χ1v) is 26.7. The normalized spacial score (nSPS) is 21.0. The summed E-state index contributed by atoms with van der Waals surface area (Å²) in [7, 11) is -5.12. The molecule has 0 aromatic rings. The lowest BCUT2D eigenvalue weighted by Gasteiger charge is -2.41. The Morgan fingerprint density at radius 2 is 1.05 bits per heavy atom. The molecule has 1 saturated heterocycles. The van der Waals surface area contributed by atoms with Crippen LogP contribution in [0.25, 0.3) is 0 Å². The van der Waals surface area contributed by atoms with Crippen molar-refractivity contribution >= 4 is 16.3 Å². The molecule has 1 rings (SSSR count). The van der Waals surface area contributed by atoms with Crippen LogP contribution >= 0.6 is 0 Å². The van der Waals surface area contributed by atoms with E-state index in [2.05, 4.69) is 35.5 Å². The molecule has 0 radical (unpaired) electrons. The van der Waals surface area contributed by atoms with Gasteiger partial charge in [0.1, 0.15) is 30.5 Å². The van der Waals surface area contributed by atoms with Crippen LogP contribution in [0.4, 0.5) is 0 Å². The van der Waals surface area contributed by atoms with E-state index in [4.69, 9.17) is 9.47 Å². The average molecular weight is 920 g/mol. The van der Waals surface area contributed by atoms with Gasteiger partial charge < -0.3 is 40.3 Å². The number of hydrogen-bond acceptors (Lipinski definition) is 11. The van der Waals surface area contributed by atoms with Gasteiger partial charge in [-0.2, -0.15) is 8.42 Å². The summed E-state index contributed by atoms with van der Waals surface area (Å²) in [4.78, 5) is 13.1. The lowest BCUT2D eigenvalue weighted by Crippen LogP contribution is -2.61. The minimum Gasteiger partial charge on any atom is -0.394 e. The Bertz CT molecular complexity index is 1240. The fourth-order valence-electron chi connectivity index (χ4n) is 8.04. The Balaban J connectivity index is 2.54. The summed E-state index contributed by atoms with van der Waals surface area (Å²) in [5.74, 6) is -0.709. The lowest BCUT2D eigenvalue weighted by molar-refractivity contribution is -0.298. The van der Waals surface area contributed by atoms with Gasteiger partial charge in [0.15, 0.2) is 6.29 Å².